The molecule has 126 valence electrons. The van der Waals surface area contributed by atoms with Crippen molar-refractivity contribution in [2.24, 2.45) is 0 Å². The predicted molar refractivity (Wildman–Crippen MR) is 82.6 cm³/mol. The molecule has 5 nitrogen and oxygen atoms in total. The third kappa shape index (κ3) is 5.35. The molecule has 2 rings (SSSR count). The number of esters is 1. The Kier molecular flexibility index (Phi) is 5.83. The first-order valence-electron chi connectivity index (χ1n) is 7.04. The predicted octanol–water partition coefficient (Wildman–Crippen LogP) is 2.83. The van der Waals surface area contributed by atoms with E-state index >= 15 is 0 Å². The molecule has 0 aromatic heterocycles. The lowest BCUT2D eigenvalue weighted by Gasteiger charge is -2.08. The van der Waals surface area contributed by atoms with Crippen LogP contribution in [0.2, 0.25) is 0 Å². The zero-order valence-corrected chi connectivity index (χ0v) is 12.8. The van der Waals surface area contributed by atoms with E-state index in [4.69, 9.17) is 9.47 Å². The van der Waals surface area contributed by atoms with Crippen molar-refractivity contribution in [3.63, 3.8) is 0 Å². The van der Waals surface area contributed by atoms with Crippen LogP contribution >= 0.6 is 0 Å². The van der Waals surface area contributed by atoms with Crippen molar-refractivity contribution in [2.45, 2.75) is 6.92 Å². The van der Waals surface area contributed by atoms with Crippen LogP contribution in [-0.4, -0.2) is 25.1 Å². The van der Waals surface area contributed by atoms with Gasteiger partial charge in [0.2, 0.25) is 0 Å². The van der Waals surface area contributed by atoms with Gasteiger partial charge in [0.25, 0.3) is 5.91 Å². The first-order valence-corrected chi connectivity index (χ1v) is 7.04. The third-order valence-electron chi connectivity index (χ3n) is 2.95. The lowest BCUT2D eigenvalue weighted by atomic mass is 10.2. The molecule has 0 radical (unpaired) electrons. The fourth-order valence-corrected chi connectivity index (χ4v) is 1.74. The van der Waals surface area contributed by atoms with E-state index in [0.29, 0.717) is 11.8 Å². The van der Waals surface area contributed by atoms with Gasteiger partial charge in [-0.2, -0.15) is 0 Å². The molecule has 0 atom stereocenters. The average Bonchev–Trinajstić information content (AvgIpc) is 2.55. The van der Waals surface area contributed by atoms with Gasteiger partial charge < -0.3 is 14.8 Å². The Bertz CT molecular complexity index is 732. The second-order valence-corrected chi connectivity index (χ2v) is 4.93. The van der Waals surface area contributed by atoms with Crippen molar-refractivity contribution in [1.82, 2.24) is 0 Å². The summed E-state index contributed by atoms with van der Waals surface area (Å²) >= 11 is 0. The summed E-state index contributed by atoms with van der Waals surface area (Å²) in [6.45, 7) is 0.953. The second kappa shape index (κ2) is 8.05. The van der Waals surface area contributed by atoms with Crippen LogP contribution < -0.4 is 10.1 Å². The first kappa shape index (κ1) is 17.4. The zero-order chi connectivity index (χ0) is 17.5. The van der Waals surface area contributed by atoms with Crippen molar-refractivity contribution in [1.29, 1.82) is 0 Å². The normalized spacial score (nSPS) is 10.1. The van der Waals surface area contributed by atoms with Gasteiger partial charge in [-0.3, -0.25) is 4.79 Å². The molecule has 0 heterocycles. The highest BCUT2D eigenvalue weighted by atomic mass is 19.1. The van der Waals surface area contributed by atoms with E-state index in [1.807, 2.05) is 19.1 Å². The molecule has 7 heteroatoms. The summed E-state index contributed by atoms with van der Waals surface area (Å²) in [5, 5.41) is 2.17. The average molecular weight is 335 g/mol. The summed E-state index contributed by atoms with van der Waals surface area (Å²) in [6, 6.07) is 9.76. The molecule has 2 aromatic carbocycles. The molecule has 0 saturated heterocycles. The molecule has 0 aliphatic rings. The molecule has 2 aromatic rings. The van der Waals surface area contributed by atoms with Gasteiger partial charge in [-0.25, -0.2) is 13.6 Å². The van der Waals surface area contributed by atoms with Gasteiger partial charge in [0.05, 0.1) is 5.69 Å². The maximum Gasteiger partial charge on any atom is 0.344 e. The highest BCUT2D eigenvalue weighted by Gasteiger charge is 2.11. The van der Waals surface area contributed by atoms with Crippen LogP contribution in [0.5, 0.6) is 5.75 Å². The van der Waals surface area contributed by atoms with E-state index in [-0.39, 0.29) is 12.3 Å². The van der Waals surface area contributed by atoms with Gasteiger partial charge in [0, 0.05) is 6.07 Å². The van der Waals surface area contributed by atoms with Gasteiger partial charge >= 0.3 is 5.97 Å². The van der Waals surface area contributed by atoms with Crippen LogP contribution in [-0.2, 0) is 14.3 Å². The van der Waals surface area contributed by atoms with Gasteiger partial charge in [-0.15, -0.1) is 0 Å². The minimum atomic E-state index is -0.919. The standard InChI is InChI=1S/C17H15F2NO4/c1-11-2-5-13(6-3-11)23-10-17(22)24-9-16(21)20-15-7-4-12(18)8-14(15)19/h2-8H,9-10H2,1H3,(H,20,21). The first-order chi connectivity index (χ1) is 11.4. The maximum absolute atomic E-state index is 13.4. The number of amides is 1. The van der Waals surface area contributed by atoms with Gasteiger partial charge in [0.15, 0.2) is 13.2 Å². The molecule has 0 aliphatic carbocycles. The van der Waals surface area contributed by atoms with Crippen molar-refractivity contribution >= 4 is 17.6 Å². The summed E-state index contributed by atoms with van der Waals surface area (Å²) in [5.74, 6) is -2.67. The molecule has 0 spiro atoms. The molecule has 0 fully saturated rings. The Balaban J connectivity index is 1.74. The number of ether oxygens (including phenoxy) is 2. The Hall–Kier alpha value is -2.96. The highest BCUT2D eigenvalue weighted by molar-refractivity contribution is 5.92. The molecule has 0 unspecified atom stereocenters. The number of anilines is 1. The van der Waals surface area contributed by atoms with E-state index in [2.05, 4.69) is 5.32 Å². The Morgan fingerprint density at radius 1 is 1.04 bits per heavy atom. The number of hydrogen-bond acceptors (Lipinski definition) is 4. The third-order valence-corrected chi connectivity index (χ3v) is 2.95. The molecule has 1 amide bonds. The maximum atomic E-state index is 13.4. The molecule has 0 aliphatic heterocycles. The summed E-state index contributed by atoms with van der Waals surface area (Å²) in [7, 11) is 0. The Morgan fingerprint density at radius 2 is 1.75 bits per heavy atom. The minimum Gasteiger partial charge on any atom is -0.482 e. The fourth-order valence-electron chi connectivity index (χ4n) is 1.74. The number of aryl methyl sites for hydroxylation is 1. The fraction of sp³-hybridized carbons (Fsp3) is 0.176. The van der Waals surface area contributed by atoms with Crippen molar-refractivity contribution in [3.8, 4) is 5.75 Å². The summed E-state index contributed by atoms with van der Waals surface area (Å²) in [5.41, 5.74) is 0.850. The van der Waals surface area contributed by atoms with E-state index in [0.717, 1.165) is 17.7 Å². The van der Waals surface area contributed by atoms with Crippen molar-refractivity contribution in [3.05, 3.63) is 59.7 Å². The molecule has 0 saturated carbocycles. The molecule has 0 bridgehead atoms. The van der Waals surface area contributed by atoms with Gasteiger partial charge in [0.1, 0.15) is 17.4 Å². The summed E-state index contributed by atoms with van der Waals surface area (Å²) in [4.78, 5) is 23.1. The highest BCUT2D eigenvalue weighted by Crippen LogP contribution is 2.14. The largest absolute Gasteiger partial charge is 0.482 e. The van der Waals surface area contributed by atoms with Crippen LogP contribution in [0, 0.1) is 18.6 Å². The van der Waals surface area contributed by atoms with Crippen LogP contribution in [0.4, 0.5) is 14.5 Å². The Morgan fingerprint density at radius 3 is 2.42 bits per heavy atom. The SMILES string of the molecule is Cc1ccc(OCC(=O)OCC(=O)Nc2ccc(F)cc2F)cc1. The van der Waals surface area contributed by atoms with Crippen molar-refractivity contribution in [2.75, 3.05) is 18.5 Å². The lowest BCUT2D eigenvalue weighted by molar-refractivity contribution is -0.149. The smallest absolute Gasteiger partial charge is 0.344 e. The quantitative estimate of drug-likeness (QED) is 0.825. The monoisotopic (exact) mass is 335 g/mol. The summed E-state index contributed by atoms with van der Waals surface area (Å²) < 4.78 is 36.0. The number of rotatable bonds is 6. The van der Waals surface area contributed by atoms with E-state index in [1.165, 1.54) is 0 Å². The van der Waals surface area contributed by atoms with Crippen LogP contribution in [0.25, 0.3) is 0 Å². The molecule has 24 heavy (non-hydrogen) atoms. The Labute approximate surface area is 137 Å². The van der Waals surface area contributed by atoms with Gasteiger partial charge in [-0.1, -0.05) is 17.7 Å². The number of carbonyl (C=O) groups is 2. The van der Waals surface area contributed by atoms with E-state index < -0.39 is 30.1 Å². The van der Waals surface area contributed by atoms with E-state index in [1.54, 1.807) is 12.1 Å². The molecule has 1 N–H and O–H groups in total. The topological polar surface area (TPSA) is 64.6 Å². The van der Waals surface area contributed by atoms with Gasteiger partial charge in [-0.05, 0) is 31.2 Å². The van der Waals surface area contributed by atoms with Crippen LogP contribution in [0.3, 0.4) is 0 Å². The van der Waals surface area contributed by atoms with Crippen LogP contribution in [0.15, 0.2) is 42.5 Å². The van der Waals surface area contributed by atoms with E-state index in [9.17, 15) is 18.4 Å². The van der Waals surface area contributed by atoms with Crippen molar-refractivity contribution < 1.29 is 27.8 Å². The second-order valence-electron chi connectivity index (χ2n) is 4.93. The lowest BCUT2D eigenvalue weighted by Crippen LogP contribution is -2.24. The molecular formula is C17H15F2NO4. The number of benzene rings is 2. The number of nitrogens with one attached hydrogen (secondary N) is 1. The number of halogens is 2. The number of hydrogen-bond donors (Lipinski definition) is 1. The van der Waals surface area contributed by atoms with Crippen LogP contribution in [0.1, 0.15) is 5.56 Å². The summed E-state index contributed by atoms with van der Waals surface area (Å²) in [6.07, 6.45) is 0. The zero-order valence-electron chi connectivity index (χ0n) is 12.8. The minimum absolute atomic E-state index is 0.201. The number of carbonyl (C=O) groups excluding carboxylic acids is 2. The molecular weight excluding hydrogens is 320 g/mol.